The molecule has 4 heteroatoms. The van der Waals surface area contributed by atoms with Crippen molar-refractivity contribution in [2.75, 3.05) is 32.1 Å². The first-order chi connectivity index (χ1) is 8.12. The molecule has 4 nitrogen and oxygen atoms in total. The Hall–Kier alpha value is -1.26. The Bertz CT molecular complexity index is 355. The average Bonchev–Trinajstić information content (AvgIpc) is 2.37. The van der Waals surface area contributed by atoms with Crippen LogP contribution in [0.3, 0.4) is 0 Å². The maximum Gasteiger partial charge on any atom is 0.142 e. The van der Waals surface area contributed by atoms with E-state index < -0.39 is 6.10 Å². The molecule has 0 aromatic heterocycles. The second kappa shape index (κ2) is 6.47. The number of hydrogen-bond acceptors (Lipinski definition) is 4. The summed E-state index contributed by atoms with van der Waals surface area (Å²) >= 11 is 0. The van der Waals surface area contributed by atoms with Crippen molar-refractivity contribution < 1.29 is 9.84 Å². The zero-order valence-electron chi connectivity index (χ0n) is 10.8. The third-order valence-electron chi connectivity index (χ3n) is 2.82. The summed E-state index contributed by atoms with van der Waals surface area (Å²) < 4.78 is 5.33. The van der Waals surface area contributed by atoms with E-state index in [4.69, 9.17) is 10.5 Å². The molecule has 1 atom stereocenters. The largest absolute Gasteiger partial charge is 0.495 e. The predicted octanol–water partition coefficient (Wildman–Crippen LogP) is 1.01. The number of likely N-dealkylation sites (N-methyl/N-ethyl adjacent to an activating group) is 1. The smallest absolute Gasteiger partial charge is 0.142 e. The minimum Gasteiger partial charge on any atom is -0.495 e. The summed E-state index contributed by atoms with van der Waals surface area (Å²) in [5.74, 6) is 0.814. The van der Waals surface area contributed by atoms with Crippen LogP contribution in [0.1, 0.15) is 12.5 Å². The molecule has 1 aromatic rings. The van der Waals surface area contributed by atoms with E-state index >= 15 is 0 Å². The summed E-state index contributed by atoms with van der Waals surface area (Å²) in [6, 6.07) is 6.09. The number of rotatable bonds is 6. The Morgan fingerprint density at radius 2 is 2.18 bits per heavy atom. The Balaban J connectivity index is 2.92. The van der Waals surface area contributed by atoms with E-state index in [-0.39, 0.29) is 6.54 Å². The summed E-state index contributed by atoms with van der Waals surface area (Å²) in [7, 11) is 3.58. The van der Waals surface area contributed by atoms with Gasteiger partial charge in [0, 0.05) is 20.1 Å². The molecule has 0 spiro atoms. The molecule has 1 unspecified atom stereocenters. The molecule has 0 aliphatic rings. The van der Waals surface area contributed by atoms with Crippen LogP contribution >= 0.6 is 0 Å². The maximum atomic E-state index is 9.57. The van der Waals surface area contributed by atoms with Crippen molar-refractivity contribution in [3.05, 3.63) is 23.8 Å². The minimum absolute atomic E-state index is 0.264. The number of nitrogens with two attached hydrogens (primary N) is 1. The molecular weight excluding hydrogens is 216 g/mol. The normalized spacial score (nSPS) is 12.3. The highest BCUT2D eigenvalue weighted by molar-refractivity contribution is 5.59. The topological polar surface area (TPSA) is 58.7 Å². The highest BCUT2D eigenvalue weighted by Crippen LogP contribution is 2.28. The third-order valence-corrected chi connectivity index (χ3v) is 2.82. The molecule has 0 saturated carbocycles. The van der Waals surface area contributed by atoms with E-state index in [2.05, 4.69) is 19.1 Å². The van der Waals surface area contributed by atoms with Gasteiger partial charge in [-0.05, 0) is 24.1 Å². The van der Waals surface area contributed by atoms with Gasteiger partial charge in [0.25, 0.3) is 0 Å². The van der Waals surface area contributed by atoms with Crippen molar-refractivity contribution in [1.82, 2.24) is 0 Å². The quantitative estimate of drug-likeness (QED) is 0.776. The summed E-state index contributed by atoms with van der Waals surface area (Å²) in [4.78, 5) is 1.97. The highest BCUT2D eigenvalue weighted by Gasteiger charge is 2.12. The molecule has 96 valence electrons. The molecule has 1 rings (SSSR count). The van der Waals surface area contributed by atoms with Crippen molar-refractivity contribution in [2.45, 2.75) is 19.4 Å². The van der Waals surface area contributed by atoms with Gasteiger partial charge in [0.2, 0.25) is 0 Å². The minimum atomic E-state index is -0.519. The van der Waals surface area contributed by atoms with Gasteiger partial charge in [-0.1, -0.05) is 13.0 Å². The van der Waals surface area contributed by atoms with Gasteiger partial charge in [-0.25, -0.2) is 0 Å². The van der Waals surface area contributed by atoms with Crippen LogP contribution < -0.4 is 15.4 Å². The second-order valence-electron chi connectivity index (χ2n) is 4.13. The van der Waals surface area contributed by atoms with Crippen molar-refractivity contribution in [3.63, 3.8) is 0 Å². The van der Waals surface area contributed by atoms with Gasteiger partial charge in [0.15, 0.2) is 0 Å². The van der Waals surface area contributed by atoms with Crippen molar-refractivity contribution >= 4 is 5.69 Å². The SMILES string of the molecule is CCc1ccc(OC)c(N(C)CC(O)CN)c1. The highest BCUT2D eigenvalue weighted by atomic mass is 16.5. The number of benzene rings is 1. The molecule has 0 aliphatic heterocycles. The number of aryl methyl sites for hydroxylation is 1. The van der Waals surface area contributed by atoms with E-state index in [9.17, 15) is 5.11 Å². The summed E-state index contributed by atoms with van der Waals surface area (Å²) in [6.07, 6.45) is 0.458. The van der Waals surface area contributed by atoms with E-state index in [1.165, 1.54) is 5.56 Å². The average molecular weight is 238 g/mol. The fourth-order valence-corrected chi connectivity index (χ4v) is 1.74. The standard InChI is InChI=1S/C13H22N2O2/c1-4-10-5-6-13(17-3)12(7-10)15(2)9-11(16)8-14/h5-7,11,16H,4,8-9,14H2,1-3H3. The van der Waals surface area contributed by atoms with E-state index in [0.29, 0.717) is 6.54 Å². The Kier molecular flexibility index (Phi) is 5.25. The molecule has 0 heterocycles. The molecule has 3 N–H and O–H groups in total. The van der Waals surface area contributed by atoms with Gasteiger partial charge >= 0.3 is 0 Å². The number of aliphatic hydroxyl groups excluding tert-OH is 1. The molecule has 0 aliphatic carbocycles. The first kappa shape index (κ1) is 13.8. The Labute approximate surface area is 103 Å². The monoisotopic (exact) mass is 238 g/mol. The molecule has 0 saturated heterocycles. The molecule has 17 heavy (non-hydrogen) atoms. The van der Waals surface area contributed by atoms with Gasteiger partial charge in [0.05, 0.1) is 18.9 Å². The van der Waals surface area contributed by atoms with Crippen LogP contribution in [0.5, 0.6) is 5.75 Å². The fourth-order valence-electron chi connectivity index (χ4n) is 1.74. The van der Waals surface area contributed by atoms with Crippen LogP contribution in [0.2, 0.25) is 0 Å². The van der Waals surface area contributed by atoms with Gasteiger partial charge in [-0.3, -0.25) is 0 Å². The van der Waals surface area contributed by atoms with Crippen LogP contribution in [0.25, 0.3) is 0 Å². The van der Waals surface area contributed by atoms with Gasteiger partial charge in [-0.2, -0.15) is 0 Å². The van der Waals surface area contributed by atoms with E-state index in [1.54, 1.807) is 7.11 Å². The zero-order chi connectivity index (χ0) is 12.8. The lowest BCUT2D eigenvalue weighted by Gasteiger charge is -2.24. The van der Waals surface area contributed by atoms with Crippen LogP contribution in [0.15, 0.2) is 18.2 Å². The maximum absolute atomic E-state index is 9.57. The van der Waals surface area contributed by atoms with Crippen molar-refractivity contribution in [3.8, 4) is 5.75 Å². The second-order valence-corrected chi connectivity index (χ2v) is 4.13. The Morgan fingerprint density at radius 3 is 2.71 bits per heavy atom. The van der Waals surface area contributed by atoms with Gasteiger partial charge < -0.3 is 20.5 Å². The summed E-state index contributed by atoms with van der Waals surface area (Å²) in [6.45, 7) is 2.88. The summed E-state index contributed by atoms with van der Waals surface area (Å²) in [5.41, 5.74) is 7.65. The first-order valence-corrected chi connectivity index (χ1v) is 5.88. The molecule has 1 aromatic carbocycles. The van der Waals surface area contributed by atoms with Crippen LogP contribution in [-0.2, 0) is 6.42 Å². The number of methoxy groups -OCH3 is 1. The zero-order valence-corrected chi connectivity index (χ0v) is 10.8. The summed E-state index contributed by atoms with van der Waals surface area (Å²) in [5, 5.41) is 9.57. The van der Waals surface area contributed by atoms with Gasteiger partial charge in [-0.15, -0.1) is 0 Å². The molecular formula is C13H22N2O2. The Morgan fingerprint density at radius 1 is 1.47 bits per heavy atom. The molecule has 0 bridgehead atoms. The number of nitrogens with zero attached hydrogens (tertiary/aromatic N) is 1. The molecule has 0 amide bonds. The van der Waals surface area contributed by atoms with Crippen molar-refractivity contribution in [1.29, 1.82) is 0 Å². The molecule has 0 fully saturated rings. The molecule has 0 radical (unpaired) electrons. The van der Waals surface area contributed by atoms with Crippen LogP contribution in [-0.4, -0.2) is 38.5 Å². The number of ether oxygens (including phenoxy) is 1. The van der Waals surface area contributed by atoms with Crippen LogP contribution in [0.4, 0.5) is 5.69 Å². The van der Waals surface area contributed by atoms with Crippen molar-refractivity contribution in [2.24, 2.45) is 5.73 Å². The number of aliphatic hydroxyl groups is 1. The van der Waals surface area contributed by atoms with Gasteiger partial charge in [0.1, 0.15) is 5.75 Å². The predicted molar refractivity (Wildman–Crippen MR) is 70.7 cm³/mol. The van der Waals surface area contributed by atoms with E-state index in [0.717, 1.165) is 17.9 Å². The first-order valence-electron chi connectivity index (χ1n) is 5.88. The number of anilines is 1. The van der Waals surface area contributed by atoms with E-state index in [1.807, 2.05) is 18.0 Å². The lowest BCUT2D eigenvalue weighted by molar-refractivity contribution is 0.189. The lowest BCUT2D eigenvalue weighted by atomic mass is 10.1. The van der Waals surface area contributed by atoms with Crippen LogP contribution in [0, 0.1) is 0 Å². The third kappa shape index (κ3) is 3.61. The number of hydrogen-bond donors (Lipinski definition) is 2. The lowest BCUT2D eigenvalue weighted by Crippen LogP contribution is -2.34. The fraction of sp³-hybridized carbons (Fsp3) is 0.538.